The fraction of sp³-hybridized carbons (Fsp3) is 0.455. The molecule has 6 heteroatoms. The van der Waals surface area contributed by atoms with Gasteiger partial charge in [-0.3, -0.25) is 4.79 Å². The number of carbonyl (C=O) groups is 2. The summed E-state index contributed by atoms with van der Waals surface area (Å²) >= 11 is 1.29. The molecule has 1 amide bonds. The third kappa shape index (κ3) is 3.54. The monoisotopic (exact) mass is 256 g/mol. The first-order valence-corrected chi connectivity index (χ1v) is 6.23. The fourth-order valence-electron chi connectivity index (χ4n) is 1.12. The number of thiophene rings is 1. The van der Waals surface area contributed by atoms with E-state index in [2.05, 4.69) is 5.32 Å². The summed E-state index contributed by atoms with van der Waals surface area (Å²) in [6.07, 6.45) is 0. The van der Waals surface area contributed by atoms with Gasteiger partial charge in [0.1, 0.15) is 5.00 Å². The molecule has 0 aliphatic rings. The maximum absolute atomic E-state index is 11.6. The second kappa shape index (κ2) is 6.36. The van der Waals surface area contributed by atoms with Gasteiger partial charge in [-0.05, 0) is 18.4 Å². The third-order valence-corrected chi connectivity index (χ3v) is 3.03. The second-order valence-electron chi connectivity index (χ2n) is 3.51. The molecule has 94 valence electrons. The topological polar surface area (TPSA) is 81.4 Å². The molecule has 0 bridgehead atoms. The average molecular weight is 256 g/mol. The van der Waals surface area contributed by atoms with E-state index in [4.69, 9.17) is 10.5 Å². The van der Waals surface area contributed by atoms with Crippen LogP contribution in [-0.4, -0.2) is 25.0 Å². The number of nitrogens with two attached hydrogens (primary N) is 1. The molecule has 1 aromatic heterocycles. The highest BCUT2D eigenvalue weighted by Crippen LogP contribution is 2.24. The molecule has 0 saturated carbocycles. The zero-order valence-electron chi connectivity index (χ0n) is 9.86. The normalized spacial score (nSPS) is 11.9. The Balaban J connectivity index is 2.75. The Morgan fingerprint density at radius 1 is 1.59 bits per heavy atom. The van der Waals surface area contributed by atoms with Gasteiger partial charge in [-0.25, -0.2) is 4.79 Å². The Bertz CT molecular complexity index is 403. The molecule has 0 aromatic carbocycles. The van der Waals surface area contributed by atoms with E-state index in [0.29, 0.717) is 17.2 Å². The first kappa shape index (κ1) is 13.7. The van der Waals surface area contributed by atoms with Crippen LogP contribution in [0.25, 0.3) is 0 Å². The first-order chi connectivity index (χ1) is 8.10. The summed E-state index contributed by atoms with van der Waals surface area (Å²) in [5, 5.41) is 4.92. The highest BCUT2D eigenvalue weighted by molar-refractivity contribution is 7.14. The lowest BCUT2D eigenvalue weighted by atomic mass is 10.2. The zero-order valence-corrected chi connectivity index (χ0v) is 10.7. The summed E-state index contributed by atoms with van der Waals surface area (Å²) in [6.45, 7) is 4.04. The fourth-order valence-corrected chi connectivity index (χ4v) is 1.90. The Morgan fingerprint density at radius 2 is 2.29 bits per heavy atom. The Hall–Kier alpha value is -1.40. The van der Waals surface area contributed by atoms with E-state index in [-0.39, 0.29) is 18.4 Å². The van der Waals surface area contributed by atoms with E-state index < -0.39 is 5.97 Å². The molecule has 17 heavy (non-hydrogen) atoms. The first-order valence-electron chi connectivity index (χ1n) is 5.35. The molecule has 1 atom stereocenters. The molecule has 0 aliphatic heterocycles. The number of hydrogen-bond acceptors (Lipinski definition) is 5. The van der Waals surface area contributed by atoms with Crippen LogP contribution in [0.2, 0.25) is 0 Å². The van der Waals surface area contributed by atoms with Crippen LogP contribution >= 0.6 is 11.3 Å². The standard InChI is InChI=1S/C11H16N2O3S/c1-3-16-11(15)8-4-5-17-10(8)13-9(14)7(2)6-12/h4-5,7H,3,6,12H2,1-2H3,(H,13,14). The van der Waals surface area contributed by atoms with Crippen molar-refractivity contribution in [3.8, 4) is 0 Å². The molecular weight excluding hydrogens is 240 g/mol. The second-order valence-corrected chi connectivity index (χ2v) is 4.43. The largest absolute Gasteiger partial charge is 0.462 e. The van der Waals surface area contributed by atoms with Crippen LogP contribution < -0.4 is 11.1 Å². The van der Waals surface area contributed by atoms with Gasteiger partial charge < -0.3 is 15.8 Å². The van der Waals surface area contributed by atoms with Crippen molar-refractivity contribution in [2.24, 2.45) is 11.7 Å². The summed E-state index contributed by atoms with van der Waals surface area (Å²) in [4.78, 5) is 23.2. The highest BCUT2D eigenvalue weighted by atomic mass is 32.1. The molecule has 0 aliphatic carbocycles. The van der Waals surface area contributed by atoms with Crippen molar-refractivity contribution in [1.82, 2.24) is 0 Å². The van der Waals surface area contributed by atoms with E-state index in [9.17, 15) is 9.59 Å². The number of amides is 1. The van der Waals surface area contributed by atoms with Crippen LogP contribution in [0.4, 0.5) is 5.00 Å². The number of carbonyl (C=O) groups excluding carboxylic acids is 2. The van der Waals surface area contributed by atoms with Crippen molar-refractivity contribution in [1.29, 1.82) is 0 Å². The van der Waals surface area contributed by atoms with Crippen LogP contribution in [0.5, 0.6) is 0 Å². The zero-order chi connectivity index (χ0) is 12.8. The molecule has 1 rings (SSSR count). The van der Waals surface area contributed by atoms with Gasteiger partial charge >= 0.3 is 5.97 Å². The smallest absolute Gasteiger partial charge is 0.341 e. The molecule has 1 unspecified atom stereocenters. The van der Waals surface area contributed by atoms with E-state index in [1.807, 2.05) is 0 Å². The van der Waals surface area contributed by atoms with Gasteiger partial charge in [0.25, 0.3) is 0 Å². The van der Waals surface area contributed by atoms with Crippen LogP contribution in [-0.2, 0) is 9.53 Å². The number of nitrogens with one attached hydrogen (secondary N) is 1. The lowest BCUT2D eigenvalue weighted by Gasteiger charge is -2.09. The summed E-state index contributed by atoms with van der Waals surface area (Å²) in [6, 6.07) is 1.63. The van der Waals surface area contributed by atoms with Gasteiger partial charge in [-0.1, -0.05) is 6.92 Å². The third-order valence-electron chi connectivity index (χ3n) is 2.20. The molecule has 5 nitrogen and oxygen atoms in total. The molecule has 0 spiro atoms. The number of esters is 1. The molecule has 3 N–H and O–H groups in total. The van der Waals surface area contributed by atoms with Crippen molar-refractivity contribution in [3.05, 3.63) is 17.0 Å². The molecule has 1 aromatic rings. The predicted octanol–water partition coefficient (Wildman–Crippen LogP) is 1.46. The number of ether oxygens (including phenoxy) is 1. The van der Waals surface area contributed by atoms with Crippen LogP contribution in [0.15, 0.2) is 11.4 Å². The van der Waals surface area contributed by atoms with E-state index >= 15 is 0 Å². The average Bonchev–Trinajstić information content (AvgIpc) is 2.76. The predicted molar refractivity (Wildman–Crippen MR) is 67.1 cm³/mol. The summed E-state index contributed by atoms with van der Waals surface area (Å²) in [5.74, 6) is -0.905. The number of hydrogen-bond donors (Lipinski definition) is 2. The quantitative estimate of drug-likeness (QED) is 0.781. The van der Waals surface area contributed by atoms with Gasteiger partial charge in [-0.2, -0.15) is 0 Å². The van der Waals surface area contributed by atoms with Crippen LogP contribution in [0.3, 0.4) is 0 Å². The lowest BCUT2D eigenvalue weighted by Crippen LogP contribution is -2.27. The molecular formula is C11H16N2O3S. The minimum absolute atomic E-state index is 0.194. The van der Waals surface area contributed by atoms with E-state index in [0.717, 1.165) is 0 Å². The van der Waals surface area contributed by atoms with Crippen molar-refractivity contribution in [2.45, 2.75) is 13.8 Å². The van der Waals surface area contributed by atoms with Gasteiger partial charge in [0.15, 0.2) is 0 Å². The SMILES string of the molecule is CCOC(=O)c1ccsc1NC(=O)C(C)CN. The summed E-state index contributed by atoms with van der Waals surface area (Å²) < 4.78 is 4.89. The number of rotatable bonds is 5. The van der Waals surface area contributed by atoms with Gasteiger partial charge in [-0.15, -0.1) is 11.3 Å². The molecule has 0 saturated heterocycles. The maximum atomic E-state index is 11.6. The van der Waals surface area contributed by atoms with Crippen molar-refractivity contribution in [2.75, 3.05) is 18.5 Å². The Kier molecular flexibility index (Phi) is 5.11. The van der Waals surface area contributed by atoms with Crippen molar-refractivity contribution in [3.63, 3.8) is 0 Å². The number of anilines is 1. The molecule has 0 fully saturated rings. The van der Waals surface area contributed by atoms with E-state index in [1.165, 1.54) is 11.3 Å². The Labute approximate surface area is 104 Å². The van der Waals surface area contributed by atoms with E-state index in [1.54, 1.807) is 25.3 Å². The Morgan fingerprint density at radius 3 is 2.88 bits per heavy atom. The summed E-state index contributed by atoms with van der Waals surface area (Å²) in [7, 11) is 0. The minimum Gasteiger partial charge on any atom is -0.462 e. The van der Waals surface area contributed by atoms with Crippen molar-refractivity contribution < 1.29 is 14.3 Å². The molecule has 1 heterocycles. The van der Waals surface area contributed by atoms with Gasteiger partial charge in [0, 0.05) is 12.5 Å². The van der Waals surface area contributed by atoms with Gasteiger partial charge in [0.2, 0.25) is 5.91 Å². The molecule has 0 radical (unpaired) electrons. The lowest BCUT2D eigenvalue weighted by molar-refractivity contribution is -0.119. The van der Waals surface area contributed by atoms with Crippen LogP contribution in [0.1, 0.15) is 24.2 Å². The summed E-state index contributed by atoms with van der Waals surface area (Å²) in [5.41, 5.74) is 5.78. The van der Waals surface area contributed by atoms with Crippen molar-refractivity contribution >= 4 is 28.2 Å². The minimum atomic E-state index is -0.426. The highest BCUT2D eigenvalue weighted by Gasteiger charge is 2.18. The van der Waals surface area contributed by atoms with Gasteiger partial charge in [0.05, 0.1) is 12.2 Å². The maximum Gasteiger partial charge on any atom is 0.341 e. The van der Waals surface area contributed by atoms with Crippen LogP contribution in [0, 0.1) is 5.92 Å².